The van der Waals surface area contributed by atoms with Crippen LogP contribution < -0.4 is 0 Å². The predicted molar refractivity (Wildman–Crippen MR) is 88.1 cm³/mol. The number of benzene rings is 3. The van der Waals surface area contributed by atoms with Crippen LogP contribution in [0.25, 0.3) is 10.8 Å². The Morgan fingerprint density at radius 1 is 0.700 bits per heavy atom. The number of alkyl halides is 1. The van der Waals surface area contributed by atoms with Crippen molar-refractivity contribution < 1.29 is 0 Å². The molecule has 3 heteroatoms. The zero-order valence-electron chi connectivity index (χ0n) is 10.5. The van der Waals surface area contributed by atoms with Crippen LogP contribution in [0, 0.1) is 0 Å². The van der Waals surface area contributed by atoms with Crippen molar-refractivity contribution in [3.05, 3.63) is 81.8 Å². The van der Waals surface area contributed by atoms with Gasteiger partial charge in [0.05, 0.1) is 5.38 Å². The maximum atomic E-state index is 6.65. The molecule has 0 N–H and O–H groups in total. The lowest BCUT2D eigenvalue weighted by atomic mass is 9.98. The smallest absolute Gasteiger partial charge is 0.0870 e. The number of fused-ring (bicyclic) bond motifs is 1. The Hall–Kier alpha value is -1.21. The van der Waals surface area contributed by atoms with E-state index in [1.54, 1.807) is 0 Å². The summed E-state index contributed by atoms with van der Waals surface area (Å²) in [6.07, 6.45) is 0. The van der Waals surface area contributed by atoms with Crippen molar-refractivity contribution >= 4 is 45.6 Å². The summed E-state index contributed by atoms with van der Waals surface area (Å²) in [5.74, 6) is 0. The molecule has 3 rings (SSSR count). The van der Waals surface area contributed by atoms with Crippen LogP contribution in [0.1, 0.15) is 16.5 Å². The molecule has 0 amide bonds. The monoisotopic (exact) mass is 320 g/mol. The van der Waals surface area contributed by atoms with Gasteiger partial charge in [-0.05, 0) is 28.5 Å². The molecule has 3 aromatic carbocycles. The van der Waals surface area contributed by atoms with Crippen LogP contribution in [0.4, 0.5) is 0 Å². The van der Waals surface area contributed by atoms with Gasteiger partial charge in [0.1, 0.15) is 0 Å². The van der Waals surface area contributed by atoms with Gasteiger partial charge in [0.2, 0.25) is 0 Å². The van der Waals surface area contributed by atoms with E-state index in [2.05, 4.69) is 18.2 Å². The second kappa shape index (κ2) is 5.65. The van der Waals surface area contributed by atoms with Crippen LogP contribution in [0.15, 0.2) is 60.7 Å². The Bertz CT molecular complexity index is 740. The summed E-state index contributed by atoms with van der Waals surface area (Å²) < 4.78 is 0. The second-order valence-electron chi connectivity index (χ2n) is 4.57. The molecule has 0 fully saturated rings. The molecule has 0 spiro atoms. The molecule has 0 saturated heterocycles. The number of hydrogen-bond acceptors (Lipinski definition) is 0. The van der Waals surface area contributed by atoms with E-state index in [1.807, 2.05) is 42.5 Å². The SMILES string of the molecule is Clc1cccc(Cl)c1C(Cl)c1cccc2ccccc12. The molecule has 3 aromatic rings. The van der Waals surface area contributed by atoms with Gasteiger partial charge >= 0.3 is 0 Å². The minimum absolute atomic E-state index is 0.373. The van der Waals surface area contributed by atoms with E-state index in [0.29, 0.717) is 10.0 Å². The van der Waals surface area contributed by atoms with Gasteiger partial charge in [-0.2, -0.15) is 0 Å². The van der Waals surface area contributed by atoms with E-state index < -0.39 is 0 Å². The Labute approximate surface area is 132 Å². The van der Waals surface area contributed by atoms with Crippen LogP contribution in [0.5, 0.6) is 0 Å². The van der Waals surface area contributed by atoms with Crippen molar-refractivity contribution in [3.8, 4) is 0 Å². The fourth-order valence-corrected chi connectivity index (χ4v) is 3.53. The van der Waals surface area contributed by atoms with Crippen LogP contribution in [0.3, 0.4) is 0 Å². The summed E-state index contributed by atoms with van der Waals surface area (Å²) in [6, 6.07) is 19.7. The van der Waals surface area contributed by atoms with Gasteiger partial charge in [0, 0.05) is 15.6 Å². The molecule has 1 unspecified atom stereocenters. The first-order chi connectivity index (χ1) is 9.68. The third-order valence-corrected chi connectivity index (χ3v) is 4.46. The van der Waals surface area contributed by atoms with Gasteiger partial charge in [0.25, 0.3) is 0 Å². The maximum absolute atomic E-state index is 6.65. The molecule has 100 valence electrons. The summed E-state index contributed by atoms with van der Waals surface area (Å²) in [5, 5.41) is 3.07. The van der Waals surface area contributed by atoms with Crippen LogP contribution in [0.2, 0.25) is 10.0 Å². The van der Waals surface area contributed by atoms with Gasteiger partial charge in [0.15, 0.2) is 0 Å². The molecule has 0 aromatic heterocycles. The number of rotatable bonds is 2. The third kappa shape index (κ3) is 2.40. The van der Waals surface area contributed by atoms with Crippen molar-refractivity contribution in [2.45, 2.75) is 5.38 Å². The summed E-state index contributed by atoms with van der Waals surface area (Å²) in [5.41, 5.74) is 1.77. The van der Waals surface area contributed by atoms with E-state index in [-0.39, 0.29) is 5.38 Å². The molecule has 0 aliphatic carbocycles. The second-order valence-corrected chi connectivity index (χ2v) is 5.82. The highest BCUT2D eigenvalue weighted by molar-refractivity contribution is 6.38. The topological polar surface area (TPSA) is 0 Å². The quantitative estimate of drug-likeness (QED) is 0.474. The van der Waals surface area contributed by atoms with Crippen molar-refractivity contribution in [3.63, 3.8) is 0 Å². The van der Waals surface area contributed by atoms with Gasteiger partial charge < -0.3 is 0 Å². The molecular weight excluding hydrogens is 311 g/mol. The fraction of sp³-hybridized carbons (Fsp3) is 0.0588. The molecular formula is C17H11Cl3. The van der Waals surface area contributed by atoms with Crippen molar-refractivity contribution in [2.75, 3.05) is 0 Å². The highest BCUT2D eigenvalue weighted by Gasteiger charge is 2.19. The van der Waals surface area contributed by atoms with Gasteiger partial charge in [-0.1, -0.05) is 71.7 Å². The molecule has 0 aliphatic heterocycles. The van der Waals surface area contributed by atoms with E-state index in [1.165, 1.54) is 0 Å². The Morgan fingerprint density at radius 3 is 2.05 bits per heavy atom. The van der Waals surface area contributed by atoms with Gasteiger partial charge in [-0.15, -0.1) is 11.6 Å². The number of hydrogen-bond donors (Lipinski definition) is 0. The van der Waals surface area contributed by atoms with E-state index in [4.69, 9.17) is 34.8 Å². The molecule has 0 heterocycles. The fourth-order valence-electron chi connectivity index (χ4n) is 2.38. The minimum Gasteiger partial charge on any atom is -0.112 e. The first-order valence-electron chi connectivity index (χ1n) is 6.24. The molecule has 20 heavy (non-hydrogen) atoms. The Kier molecular flexibility index (Phi) is 3.89. The van der Waals surface area contributed by atoms with Crippen LogP contribution in [-0.4, -0.2) is 0 Å². The Morgan fingerprint density at radius 2 is 1.30 bits per heavy atom. The standard InChI is InChI=1S/C17H11Cl3/c18-14-9-4-10-15(19)16(14)17(20)13-8-3-6-11-5-1-2-7-12(11)13/h1-10,17H. The number of halogens is 3. The van der Waals surface area contributed by atoms with E-state index in [0.717, 1.165) is 21.9 Å². The summed E-state index contributed by atoms with van der Waals surface area (Å²) in [4.78, 5) is 0. The van der Waals surface area contributed by atoms with Gasteiger partial charge in [-0.3, -0.25) is 0 Å². The lowest BCUT2D eigenvalue weighted by Gasteiger charge is -2.16. The van der Waals surface area contributed by atoms with Crippen molar-refractivity contribution in [2.24, 2.45) is 0 Å². The Balaban J connectivity index is 2.21. The zero-order chi connectivity index (χ0) is 14.1. The third-order valence-electron chi connectivity index (χ3n) is 3.35. The molecule has 0 nitrogen and oxygen atoms in total. The van der Waals surface area contributed by atoms with E-state index >= 15 is 0 Å². The highest BCUT2D eigenvalue weighted by atomic mass is 35.5. The molecule has 1 atom stereocenters. The summed E-state index contributed by atoms with van der Waals surface area (Å²) >= 11 is 19.2. The summed E-state index contributed by atoms with van der Waals surface area (Å²) in [6.45, 7) is 0. The first kappa shape index (κ1) is 13.8. The normalized spacial score (nSPS) is 12.6. The van der Waals surface area contributed by atoms with Crippen LogP contribution in [-0.2, 0) is 0 Å². The largest absolute Gasteiger partial charge is 0.112 e. The molecule has 0 saturated carbocycles. The van der Waals surface area contributed by atoms with Gasteiger partial charge in [-0.25, -0.2) is 0 Å². The van der Waals surface area contributed by atoms with Crippen molar-refractivity contribution in [1.82, 2.24) is 0 Å². The molecule has 0 radical (unpaired) electrons. The average molecular weight is 322 g/mol. The van der Waals surface area contributed by atoms with Crippen molar-refractivity contribution in [1.29, 1.82) is 0 Å². The minimum atomic E-state index is -0.373. The first-order valence-corrected chi connectivity index (χ1v) is 7.43. The zero-order valence-corrected chi connectivity index (χ0v) is 12.8. The van der Waals surface area contributed by atoms with Crippen LogP contribution >= 0.6 is 34.8 Å². The lowest BCUT2D eigenvalue weighted by molar-refractivity contribution is 1.16. The summed E-state index contributed by atoms with van der Waals surface area (Å²) in [7, 11) is 0. The lowest BCUT2D eigenvalue weighted by Crippen LogP contribution is -1.96. The highest BCUT2D eigenvalue weighted by Crippen LogP contribution is 2.40. The van der Waals surface area contributed by atoms with E-state index in [9.17, 15) is 0 Å². The molecule has 0 bridgehead atoms. The average Bonchev–Trinajstić information content (AvgIpc) is 2.46. The molecule has 0 aliphatic rings. The maximum Gasteiger partial charge on any atom is 0.0870 e. The predicted octanol–water partition coefficient (Wildman–Crippen LogP) is 6.47.